The molecular weight excluding hydrogens is 226 g/mol. The summed E-state index contributed by atoms with van der Waals surface area (Å²) in [4.78, 5) is 17.7. The third-order valence-corrected chi connectivity index (χ3v) is 3.24. The van der Waals surface area contributed by atoms with Crippen LogP contribution in [0.25, 0.3) is 0 Å². The maximum atomic E-state index is 10.8. The highest BCUT2D eigenvalue weighted by atomic mass is 32.1. The highest BCUT2D eigenvalue weighted by Gasteiger charge is 2.13. The van der Waals surface area contributed by atoms with Gasteiger partial charge in [-0.15, -0.1) is 11.3 Å². The van der Waals surface area contributed by atoms with Crippen LogP contribution in [0.3, 0.4) is 0 Å². The molecule has 0 unspecified atom stereocenters. The van der Waals surface area contributed by atoms with E-state index in [1.165, 1.54) is 11.3 Å². The number of carboxylic acids is 1. The first-order chi connectivity index (χ1) is 7.54. The van der Waals surface area contributed by atoms with Crippen LogP contribution >= 0.6 is 11.3 Å². The Bertz CT molecular complexity index is 365. The zero-order valence-electron chi connectivity index (χ0n) is 9.78. The first-order valence-corrected chi connectivity index (χ1v) is 5.99. The van der Waals surface area contributed by atoms with Gasteiger partial charge in [0.2, 0.25) is 0 Å². The van der Waals surface area contributed by atoms with Crippen molar-refractivity contribution in [3.05, 3.63) is 10.6 Å². The smallest absolute Gasteiger partial charge is 0.355 e. The molecule has 1 heterocycles. The van der Waals surface area contributed by atoms with Crippen LogP contribution in [0.4, 0.5) is 5.13 Å². The van der Waals surface area contributed by atoms with E-state index in [9.17, 15) is 4.79 Å². The van der Waals surface area contributed by atoms with Crippen LogP contribution in [-0.2, 0) is 0 Å². The monoisotopic (exact) mass is 243 g/mol. The van der Waals surface area contributed by atoms with Gasteiger partial charge in [0.25, 0.3) is 0 Å². The molecule has 0 radical (unpaired) electrons. The number of carbonyl (C=O) groups is 1. The van der Waals surface area contributed by atoms with E-state index in [1.807, 2.05) is 7.05 Å². The number of aromatic nitrogens is 1. The molecule has 90 valence electrons. The molecule has 1 aromatic heterocycles. The Hall–Kier alpha value is -1.14. The van der Waals surface area contributed by atoms with Gasteiger partial charge < -0.3 is 15.3 Å². The predicted octanol–water partition coefficient (Wildman–Crippen LogP) is 1.51. The molecule has 0 aromatic carbocycles. The molecular formula is C10H17N3O2S. The molecule has 0 saturated carbocycles. The predicted molar refractivity (Wildman–Crippen MR) is 65.5 cm³/mol. The molecule has 1 aromatic rings. The number of hydrogen-bond acceptors (Lipinski definition) is 5. The van der Waals surface area contributed by atoms with Crippen molar-refractivity contribution in [3.8, 4) is 0 Å². The van der Waals surface area contributed by atoms with Gasteiger partial charge >= 0.3 is 5.97 Å². The molecule has 0 aliphatic heterocycles. The fourth-order valence-electron chi connectivity index (χ4n) is 1.18. The molecule has 1 rings (SSSR count). The van der Waals surface area contributed by atoms with Crippen molar-refractivity contribution < 1.29 is 9.90 Å². The number of hydrogen-bond donors (Lipinski definition) is 2. The summed E-state index contributed by atoms with van der Waals surface area (Å²) in [6, 6.07) is 0. The molecule has 0 bridgehead atoms. The van der Waals surface area contributed by atoms with Gasteiger partial charge in [0.1, 0.15) is 0 Å². The van der Waals surface area contributed by atoms with Gasteiger partial charge in [-0.2, -0.15) is 0 Å². The first-order valence-electron chi connectivity index (χ1n) is 5.17. The second-order valence-electron chi connectivity index (χ2n) is 3.55. The van der Waals surface area contributed by atoms with E-state index in [0.29, 0.717) is 5.13 Å². The normalized spacial score (nSPS) is 10.8. The van der Waals surface area contributed by atoms with E-state index in [-0.39, 0.29) is 5.69 Å². The lowest BCUT2D eigenvalue weighted by molar-refractivity contribution is 0.0690. The molecule has 16 heavy (non-hydrogen) atoms. The van der Waals surface area contributed by atoms with Crippen molar-refractivity contribution >= 4 is 22.4 Å². The maximum Gasteiger partial charge on any atom is 0.355 e. The summed E-state index contributed by atoms with van der Waals surface area (Å²) in [5.74, 6) is -0.965. The Morgan fingerprint density at radius 1 is 1.62 bits per heavy atom. The van der Waals surface area contributed by atoms with Gasteiger partial charge in [-0.05, 0) is 20.5 Å². The fraction of sp³-hybridized carbons (Fsp3) is 0.600. The van der Waals surface area contributed by atoms with Crippen LogP contribution in [0.5, 0.6) is 0 Å². The molecule has 0 spiro atoms. The van der Waals surface area contributed by atoms with Crippen LogP contribution in [0, 0.1) is 6.92 Å². The van der Waals surface area contributed by atoms with Gasteiger partial charge in [0.05, 0.1) is 0 Å². The van der Waals surface area contributed by atoms with E-state index in [4.69, 9.17) is 5.11 Å². The Kier molecular flexibility index (Phi) is 4.70. The number of anilines is 1. The maximum absolute atomic E-state index is 10.8. The highest BCUT2D eigenvalue weighted by Crippen LogP contribution is 2.21. The minimum Gasteiger partial charge on any atom is -0.476 e. The van der Waals surface area contributed by atoms with Gasteiger partial charge in [0.15, 0.2) is 10.8 Å². The van der Waals surface area contributed by atoms with Crippen LogP contribution in [0.15, 0.2) is 0 Å². The zero-order chi connectivity index (χ0) is 12.1. The number of thiazole rings is 1. The molecule has 0 amide bonds. The standard InChI is InChI=1S/C10H17N3O2S/c1-4-13(3)6-5-11-10-12-8(9(14)15)7(2)16-10/h4-6H2,1-3H3,(H,11,12)(H,14,15). The largest absolute Gasteiger partial charge is 0.476 e. The number of aromatic carboxylic acids is 1. The molecule has 0 aliphatic carbocycles. The summed E-state index contributed by atoms with van der Waals surface area (Å²) in [5.41, 5.74) is 0.149. The molecule has 2 N–H and O–H groups in total. The molecule has 0 atom stereocenters. The third-order valence-electron chi connectivity index (χ3n) is 2.31. The quantitative estimate of drug-likeness (QED) is 0.793. The number of rotatable bonds is 6. The molecule has 6 heteroatoms. The van der Waals surface area contributed by atoms with Gasteiger partial charge in [-0.3, -0.25) is 0 Å². The van der Waals surface area contributed by atoms with Crippen molar-refractivity contribution in [3.63, 3.8) is 0 Å². The van der Waals surface area contributed by atoms with Gasteiger partial charge in [-0.25, -0.2) is 9.78 Å². The second kappa shape index (κ2) is 5.81. The Morgan fingerprint density at radius 2 is 2.31 bits per heavy atom. The van der Waals surface area contributed by atoms with Crippen molar-refractivity contribution in [2.24, 2.45) is 0 Å². The Balaban J connectivity index is 2.49. The second-order valence-corrected chi connectivity index (χ2v) is 4.75. The summed E-state index contributed by atoms with van der Waals surface area (Å²) >= 11 is 1.38. The molecule has 0 aliphatic rings. The van der Waals surface area contributed by atoms with Crippen LogP contribution in [-0.4, -0.2) is 47.6 Å². The Labute approximate surface area is 99.1 Å². The van der Waals surface area contributed by atoms with E-state index in [1.54, 1.807) is 6.92 Å². The van der Waals surface area contributed by atoms with Crippen LogP contribution < -0.4 is 5.32 Å². The summed E-state index contributed by atoms with van der Waals surface area (Å²) in [7, 11) is 2.04. The number of nitrogens with zero attached hydrogens (tertiary/aromatic N) is 2. The van der Waals surface area contributed by atoms with E-state index < -0.39 is 5.97 Å². The zero-order valence-corrected chi connectivity index (χ0v) is 10.6. The lowest BCUT2D eigenvalue weighted by atomic mass is 10.4. The van der Waals surface area contributed by atoms with Crippen molar-refractivity contribution in [2.75, 3.05) is 32.0 Å². The number of aryl methyl sites for hydroxylation is 1. The highest BCUT2D eigenvalue weighted by molar-refractivity contribution is 7.15. The van der Waals surface area contributed by atoms with E-state index >= 15 is 0 Å². The minimum atomic E-state index is -0.965. The summed E-state index contributed by atoms with van der Waals surface area (Å²) in [5, 5.41) is 12.6. The van der Waals surface area contributed by atoms with Crippen LogP contribution in [0.1, 0.15) is 22.3 Å². The molecule has 5 nitrogen and oxygen atoms in total. The number of likely N-dealkylation sites (N-methyl/N-ethyl adjacent to an activating group) is 1. The summed E-state index contributed by atoms with van der Waals surface area (Å²) in [6.45, 7) is 6.55. The molecule has 0 saturated heterocycles. The van der Waals surface area contributed by atoms with E-state index in [0.717, 1.165) is 24.5 Å². The summed E-state index contributed by atoms with van der Waals surface area (Å²) < 4.78 is 0. The minimum absolute atomic E-state index is 0.149. The summed E-state index contributed by atoms with van der Waals surface area (Å²) in [6.07, 6.45) is 0. The molecule has 0 fully saturated rings. The van der Waals surface area contributed by atoms with Crippen LogP contribution in [0.2, 0.25) is 0 Å². The average Bonchev–Trinajstić information content (AvgIpc) is 2.59. The Morgan fingerprint density at radius 3 is 2.81 bits per heavy atom. The third kappa shape index (κ3) is 3.46. The number of carboxylic acid groups (broad SMARTS) is 1. The van der Waals surface area contributed by atoms with E-state index in [2.05, 4.69) is 22.1 Å². The van der Waals surface area contributed by atoms with Gasteiger partial charge in [-0.1, -0.05) is 6.92 Å². The first kappa shape index (κ1) is 12.9. The lowest BCUT2D eigenvalue weighted by Crippen LogP contribution is -2.24. The SMILES string of the molecule is CCN(C)CCNc1nc(C(=O)O)c(C)s1. The fourth-order valence-corrected chi connectivity index (χ4v) is 2.01. The topological polar surface area (TPSA) is 65.5 Å². The average molecular weight is 243 g/mol. The lowest BCUT2D eigenvalue weighted by Gasteiger charge is -2.13. The van der Waals surface area contributed by atoms with Gasteiger partial charge in [0, 0.05) is 18.0 Å². The van der Waals surface area contributed by atoms with Crippen molar-refractivity contribution in [1.82, 2.24) is 9.88 Å². The van der Waals surface area contributed by atoms with Crippen molar-refractivity contribution in [1.29, 1.82) is 0 Å². The van der Waals surface area contributed by atoms with Crippen molar-refractivity contribution in [2.45, 2.75) is 13.8 Å². The number of nitrogens with one attached hydrogen (secondary N) is 1.